The van der Waals surface area contributed by atoms with E-state index in [1.807, 2.05) is 0 Å². The third-order valence-corrected chi connectivity index (χ3v) is 4.09. The molecule has 1 heterocycles. The van der Waals surface area contributed by atoms with Gasteiger partial charge >= 0.3 is 5.97 Å². The Kier molecular flexibility index (Phi) is 3.23. The number of carbonyl (C=O) groups is 2. The standard InChI is InChI=1S/C15H17NO5/c1-15(14(18)19,16(9-17)11-3-4-11)10-2-5-12-13(8-10)21-7-6-20-12/h2,5,8-9,11H,3-4,6-7H2,1H3,(H,18,19). The topological polar surface area (TPSA) is 76.1 Å². The fourth-order valence-electron chi connectivity index (χ4n) is 2.64. The molecule has 1 aromatic rings. The number of ether oxygens (including phenoxy) is 2. The lowest BCUT2D eigenvalue weighted by Gasteiger charge is -2.36. The minimum absolute atomic E-state index is 0.00296. The summed E-state index contributed by atoms with van der Waals surface area (Å²) in [6.07, 6.45) is 2.31. The largest absolute Gasteiger partial charge is 0.486 e. The molecule has 1 amide bonds. The molecule has 0 radical (unpaired) electrons. The van der Waals surface area contributed by atoms with Crippen LogP contribution in [0, 0.1) is 0 Å². The summed E-state index contributed by atoms with van der Waals surface area (Å²) >= 11 is 0. The van der Waals surface area contributed by atoms with Gasteiger partial charge in [0.1, 0.15) is 13.2 Å². The molecule has 1 aliphatic carbocycles. The summed E-state index contributed by atoms with van der Waals surface area (Å²) < 4.78 is 10.9. The first-order valence-electron chi connectivity index (χ1n) is 6.94. The lowest BCUT2D eigenvalue weighted by atomic mass is 9.89. The quantitative estimate of drug-likeness (QED) is 0.829. The molecule has 0 aromatic heterocycles. The molecule has 1 aromatic carbocycles. The molecule has 1 aliphatic heterocycles. The minimum atomic E-state index is -1.40. The van der Waals surface area contributed by atoms with E-state index < -0.39 is 11.5 Å². The van der Waals surface area contributed by atoms with E-state index in [1.165, 1.54) is 4.90 Å². The molecule has 1 saturated carbocycles. The monoisotopic (exact) mass is 291 g/mol. The van der Waals surface area contributed by atoms with Crippen molar-refractivity contribution in [3.05, 3.63) is 23.8 Å². The Hall–Kier alpha value is -2.24. The fourth-order valence-corrected chi connectivity index (χ4v) is 2.64. The van der Waals surface area contributed by atoms with E-state index in [9.17, 15) is 14.7 Å². The smallest absolute Gasteiger partial charge is 0.334 e. The van der Waals surface area contributed by atoms with Crippen LogP contribution in [0.15, 0.2) is 18.2 Å². The summed E-state index contributed by atoms with van der Waals surface area (Å²) in [4.78, 5) is 24.6. The highest BCUT2D eigenvalue weighted by Gasteiger charge is 2.47. The van der Waals surface area contributed by atoms with Crippen LogP contribution < -0.4 is 9.47 Å². The lowest BCUT2D eigenvalue weighted by molar-refractivity contribution is -0.155. The van der Waals surface area contributed by atoms with Crippen LogP contribution >= 0.6 is 0 Å². The van der Waals surface area contributed by atoms with Gasteiger partial charge in [0.15, 0.2) is 17.0 Å². The van der Waals surface area contributed by atoms with Gasteiger partial charge < -0.3 is 19.5 Å². The lowest BCUT2D eigenvalue weighted by Crippen LogP contribution is -2.50. The zero-order valence-electron chi connectivity index (χ0n) is 11.7. The van der Waals surface area contributed by atoms with E-state index in [1.54, 1.807) is 25.1 Å². The van der Waals surface area contributed by atoms with Crippen LogP contribution in [0.1, 0.15) is 25.3 Å². The zero-order valence-corrected chi connectivity index (χ0v) is 11.7. The van der Waals surface area contributed by atoms with Gasteiger partial charge in [-0.25, -0.2) is 4.79 Å². The molecule has 1 N–H and O–H groups in total. The van der Waals surface area contributed by atoms with Crippen LogP contribution in [0.4, 0.5) is 0 Å². The average Bonchev–Trinajstić information content (AvgIpc) is 3.31. The highest BCUT2D eigenvalue weighted by molar-refractivity contribution is 5.83. The Morgan fingerprint density at radius 3 is 2.57 bits per heavy atom. The number of nitrogens with zero attached hydrogens (tertiary/aromatic N) is 1. The average molecular weight is 291 g/mol. The van der Waals surface area contributed by atoms with Crippen LogP contribution in [-0.4, -0.2) is 41.6 Å². The van der Waals surface area contributed by atoms with Crippen molar-refractivity contribution in [3.8, 4) is 11.5 Å². The number of benzene rings is 1. The zero-order chi connectivity index (χ0) is 15.0. The Balaban J connectivity index is 2.04. The molecule has 1 fully saturated rings. The Labute approximate surface area is 122 Å². The molecule has 3 rings (SSSR count). The van der Waals surface area contributed by atoms with Gasteiger partial charge in [-0.2, -0.15) is 0 Å². The third kappa shape index (κ3) is 2.20. The van der Waals surface area contributed by atoms with Crippen molar-refractivity contribution >= 4 is 12.4 Å². The number of carboxylic acid groups (broad SMARTS) is 1. The Morgan fingerprint density at radius 1 is 1.33 bits per heavy atom. The maximum absolute atomic E-state index is 11.8. The molecule has 0 bridgehead atoms. The van der Waals surface area contributed by atoms with Crippen LogP contribution in [0.25, 0.3) is 0 Å². The second-order valence-electron chi connectivity index (χ2n) is 5.48. The van der Waals surface area contributed by atoms with E-state index in [4.69, 9.17) is 9.47 Å². The molecule has 0 saturated heterocycles. The predicted molar refractivity (Wildman–Crippen MR) is 73.3 cm³/mol. The summed E-state index contributed by atoms with van der Waals surface area (Å²) in [5.74, 6) is 0.0628. The number of aliphatic carboxylic acids is 1. The maximum atomic E-state index is 11.8. The van der Waals surface area contributed by atoms with Gasteiger partial charge in [0, 0.05) is 6.04 Å². The normalized spacial score (nSPS) is 19.5. The molecule has 1 unspecified atom stereocenters. The molecule has 6 heteroatoms. The number of carboxylic acids is 1. The molecule has 0 spiro atoms. The number of hydrogen-bond donors (Lipinski definition) is 1. The molecular weight excluding hydrogens is 274 g/mol. The van der Waals surface area contributed by atoms with Crippen molar-refractivity contribution in [2.45, 2.75) is 31.3 Å². The van der Waals surface area contributed by atoms with Crippen molar-refractivity contribution in [3.63, 3.8) is 0 Å². The number of hydrogen-bond acceptors (Lipinski definition) is 4. The van der Waals surface area contributed by atoms with Gasteiger partial charge in [-0.1, -0.05) is 6.07 Å². The summed E-state index contributed by atoms with van der Waals surface area (Å²) in [5, 5.41) is 9.70. The molecular formula is C15H17NO5. The summed E-state index contributed by atoms with van der Waals surface area (Å²) in [5.41, 5.74) is -0.892. The fraction of sp³-hybridized carbons (Fsp3) is 0.467. The Morgan fingerprint density at radius 2 is 2.00 bits per heavy atom. The number of fused-ring (bicyclic) bond motifs is 1. The number of amides is 1. The summed E-state index contributed by atoms with van der Waals surface area (Å²) in [6, 6.07) is 5.03. The highest BCUT2D eigenvalue weighted by Crippen LogP contribution is 2.40. The molecule has 6 nitrogen and oxygen atoms in total. The minimum Gasteiger partial charge on any atom is -0.486 e. The van der Waals surface area contributed by atoms with Gasteiger partial charge in [0.25, 0.3) is 0 Å². The van der Waals surface area contributed by atoms with E-state index in [-0.39, 0.29) is 6.04 Å². The van der Waals surface area contributed by atoms with Gasteiger partial charge in [0.2, 0.25) is 6.41 Å². The van der Waals surface area contributed by atoms with E-state index in [2.05, 4.69) is 0 Å². The van der Waals surface area contributed by atoms with Crippen molar-refractivity contribution in [1.82, 2.24) is 4.90 Å². The number of carbonyl (C=O) groups excluding carboxylic acids is 1. The predicted octanol–water partition coefficient (Wildman–Crippen LogP) is 1.38. The highest BCUT2D eigenvalue weighted by atomic mass is 16.6. The SMILES string of the molecule is CC(C(=O)O)(c1ccc2c(c1)OCCO2)N(C=O)C1CC1. The van der Waals surface area contributed by atoms with Gasteiger partial charge in [0.05, 0.1) is 0 Å². The van der Waals surface area contributed by atoms with Gasteiger partial charge in [-0.05, 0) is 37.5 Å². The first kappa shape index (κ1) is 13.7. The van der Waals surface area contributed by atoms with E-state index >= 15 is 0 Å². The maximum Gasteiger partial charge on any atom is 0.334 e. The second kappa shape index (κ2) is 4.95. The first-order chi connectivity index (χ1) is 10.1. The molecule has 2 aliphatic rings. The van der Waals surface area contributed by atoms with Crippen molar-refractivity contribution in [2.75, 3.05) is 13.2 Å². The third-order valence-electron chi connectivity index (χ3n) is 4.09. The molecule has 112 valence electrons. The van der Waals surface area contributed by atoms with Crippen molar-refractivity contribution in [2.24, 2.45) is 0 Å². The molecule has 1 atom stereocenters. The summed E-state index contributed by atoms with van der Waals surface area (Å²) in [7, 11) is 0. The van der Waals surface area contributed by atoms with Crippen LogP contribution in [-0.2, 0) is 15.1 Å². The van der Waals surface area contributed by atoms with Crippen molar-refractivity contribution in [1.29, 1.82) is 0 Å². The summed E-state index contributed by atoms with van der Waals surface area (Å²) in [6.45, 7) is 2.46. The molecule has 21 heavy (non-hydrogen) atoms. The van der Waals surface area contributed by atoms with Crippen LogP contribution in [0.3, 0.4) is 0 Å². The second-order valence-corrected chi connectivity index (χ2v) is 5.48. The van der Waals surface area contributed by atoms with Crippen LogP contribution in [0.2, 0.25) is 0 Å². The van der Waals surface area contributed by atoms with E-state index in [0.717, 1.165) is 12.8 Å². The van der Waals surface area contributed by atoms with Crippen LogP contribution in [0.5, 0.6) is 11.5 Å². The van der Waals surface area contributed by atoms with E-state index in [0.29, 0.717) is 36.7 Å². The van der Waals surface area contributed by atoms with Crippen molar-refractivity contribution < 1.29 is 24.2 Å². The first-order valence-corrected chi connectivity index (χ1v) is 6.94. The van der Waals surface area contributed by atoms with Gasteiger partial charge in [-0.15, -0.1) is 0 Å². The van der Waals surface area contributed by atoms with Gasteiger partial charge in [-0.3, -0.25) is 4.79 Å². The Bertz CT molecular complexity index is 583. The number of rotatable bonds is 5.